The minimum Gasteiger partial charge on any atom is -0.494 e. The molecule has 3 aromatic rings. The number of imidazole rings is 1. The van der Waals surface area contributed by atoms with Crippen molar-refractivity contribution in [3.8, 4) is 11.4 Å². The van der Waals surface area contributed by atoms with Crippen LogP contribution in [-0.4, -0.2) is 16.7 Å². The van der Waals surface area contributed by atoms with Gasteiger partial charge < -0.3 is 4.74 Å². The van der Waals surface area contributed by atoms with Gasteiger partial charge in [0.1, 0.15) is 5.82 Å². The smallest absolute Gasteiger partial charge is 0.167 e. The van der Waals surface area contributed by atoms with Crippen LogP contribution >= 0.6 is 34.2 Å². The maximum absolute atomic E-state index is 13.8. The van der Waals surface area contributed by atoms with Crippen LogP contribution in [0.2, 0.25) is 0 Å². The molecule has 0 N–H and O–H groups in total. The van der Waals surface area contributed by atoms with Crippen LogP contribution in [0.15, 0.2) is 36.4 Å². The molecule has 3 nitrogen and oxygen atoms in total. The molecule has 0 fully saturated rings. The summed E-state index contributed by atoms with van der Waals surface area (Å²) >= 11 is 8.26. The molecule has 1 heterocycles. The molecule has 21 heavy (non-hydrogen) atoms. The summed E-state index contributed by atoms with van der Waals surface area (Å²) in [5.74, 6) is 0.668. The van der Waals surface area contributed by atoms with E-state index in [1.807, 2.05) is 28.8 Å². The van der Waals surface area contributed by atoms with Gasteiger partial charge in [-0.3, -0.25) is 4.57 Å². The predicted molar refractivity (Wildman–Crippen MR) is 89.9 cm³/mol. The van der Waals surface area contributed by atoms with Crippen LogP contribution in [0, 0.1) is 9.39 Å². The van der Waals surface area contributed by atoms with Crippen molar-refractivity contribution < 1.29 is 9.13 Å². The maximum Gasteiger partial charge on any atom is 0.167 e. The number of methoxy groups -OCH3 is 1. The van der Waals surface area contributed by atoms with Gasteiger partial charge in [-0.15, -0.1) is 11.6 Å². The van der Waals surface area contributed by atoms with E-state index in [4.69, 9.17) is 16.3 Å². The summed E-state index contributed by atoms with van der Waals surface area (Å²) in [5.41, 5.74) is 2.29. The molecule has 6 heteroatoms. The molecular weight excluding hydrogens is 406 g/mol. The molecule has 0 radical (unpaired) electrons. The summed E-state index contributed by atoms with van der Waals surface area (Å²) in [6, 6.07) is 10.9. The van der Waals surface area contributed by atoms with Crippen molar-refractivity contribution in [2.75, 3.05) is 7.11 Å². The second kappa shape index (κ2) is 5.81. The van der Waals surface area contributed by atoms with Gasteiger partial charge in [-0.1, -0.05) is 12.1 Å². The van der Waals surface area contributed by atoms with E-state index >= 15 is 0 Å². The Bertz CT molecular complexity index is 819. The molecule has 0 aliphatic carbocycles. The molecule has 0 saturated heterocycles. The molecular formula is C15H11ClFIN2O. The molecule has 0 saturated carbocycles. The molecule has 108 valence electrons. The molecule has 1 aromatic heterocycles. The third-order valence-corrected chi connectivity index (χ3v) is 4.36. The van der Waals surface area contributed by atoms with Gasteiger partial charge in [0.25, 0.3) is 0 Å². The second-order valence-electron chi connectivity index (χ2n) is 4.42. The number of nitrogens with zero attached hydrogens (tertiary/aromatic N) is 2. The summed E-state index contributed by atoms with van der Waals surface area (Å²) in [7, 11) is 1.44. The van der Waals surface area contributed by atoms with Crippen molar-refractivity contribution in [1.29, 1.82) is 0 Å². The largest absolute Gasteiger partial charge is 0.494 e. The summed E-state index contributed by atoms with van der Waals surface area (Å²) < 4.78 is 21.9. The number of alkyl halides is 1. The third kappa shape index (κ3) is 2.48. The van der Waals surface area contributed by atoms with Crippen molar-refractivity contribution in [1.82, 2.24) is 9.55 Å². The van der Waals surface area contributed by atoms with E-state index in [1.165, 1.54) is 13.2 Å². The highest BCUT2D eigenvalue weighted by Crippen LogP contribution is 2.30. The molecule has 0 aliphatic heterocycles. The zero-order valence-corrected chi connectivity index (χ0v) is 14.0. The Morgan fingerprint density at radius 1 is 1.33 bits per heavy atom. The van der Waals surface area contributed by atoms with Crippen molar-refractivity contribution in [3.05, 3.63) is 51.6 Å². The van der Waals surface area contributed by atoms with Crippen molar-refractivity contribution >= 4 is 45.2 Å². The Morgan fingerprint density at radius 2 is 2.10 bits per heavy atom. The van der Waals surface area contributed by atoms with Crippen molar-refractivity contribution in [2.24, 2.45) is 0 Å². The van der Waals surface area contributed by atoms with Crippen LogP contribution in [-0.2, 0) is 5.88 Å². The van der Waals surface area contributed by atoms with Crippen LogP contribution in [0.3, 0.4) is 0 Å². The van der Waals surface area contributed by atoms with Crippen LogP contribution < -0.4 is 4.74 Å². The van der Waals surface area contributed by atoms with E-state index in [1.54, 1.807) is 6.07 Å². The number of halogens is 3. The Labute approximate surface area is 139 Å². The molecule has 0 aliphatic rings. The first-order valence-corrected chi connectivity index (χ1v) is 7.82. The average molecular weight is 417 g/mol. The SMILES string of the molecule is COc1cc2c(cc1F)nc(CCl)n2-c1ccccc1I. The van der Waals surface area contributed by atoms with E-state index in [0.717, 1.165) is 14.8 Å². The van der Waals surface area contributed by atoms with Gasteiger partial charge in [-0.25, -0.2) is 9.37 Å². The monoisotopic (exact) mass is 416 g/mol. The fourth-order valence-corrected chi connectivity index (χ4v) is 3.08. The number of fused-ring (bicyclic) bond motifs is 1. The number of hydrogen-bond acceptors (Lipinski definition) is 2. The quantitative estimate of drug-likeness (QED) is 0.464. The van der Waals surface area contributed by atoms with Crippen LogP contribution in [0.4, 0.5) is 4.39 Å². The summed E-state index contributed by atoms with van der Waals surface area (Å²) in [4.78, 5) is 4.42. The fraction of sp³-hybridized carbons (Fsp3) is 0.133. The topological polar surface area (TPSA) is 27.1 Å². The number of para-hydroxylation sites is 1. The average Bonchev–Trinajstić information content (AvgIpc) is 2.84. The van der Waals surface area contributed by atoms with Crippen LogP contribution in [0.5, 0.6) is 5.75 Å². The van der Waals surface area contributed by atoms with E-state index in [9.17, 15) is 4.39 Å². The minimum atomic E-state index is -0.432. The summed E-state index contributed by atoms with van der Waals surface area (Å²) in [6.45, 7) is 0. The van der Waals surface area contributed by atoms with E-state index in [0.29, 0.717) is 11.3 Å². The van der Waals surface area contributed by atoms with Gasteiger partial charge in [0.15, 0.2) is 11.6 Å². The van der Waals surface area contributed by atoms with Gasteiger partial charge in [0.05, 0.1) is 29.7 Å². The molecule has 0 bridgehead atoms. The van der Waals surface area contributed by atoms with Crippen LogP contribution in [0.1, 0.15) is 5.82 Å². The van der Waals surface area contributed by atoms with Gasteiger partial charge in [-0.05, 0) is 34.7 Å². The number of benzene rings is 2. The number of aromatic nitrogens is 2. The lowest BCUT2D eigenvalue weighted by Crippen LogP contribution is -2.01. The van der Waals surface area contributed by atoms with Gasteiger partial charge >= 0.3 is 0 Å². The van der Waals surface area contributed by atoms with Gasteiger partial charge in [0.2, 0.25) is 0 Å². The zero-order chi connectivity index (χ0) is 15.0. The fourth-order valence-electron chi connectivity index (χ4n) is 2.28. The highest BCUT2D eigenvalue weighted by molar-refractivity contribution is 14.1. The lowest BCUT2D eigenvalue weighted by molar-refractivity contribution is 0.387. The van der Waals surface area contributed by atoms with E-state index in [-0.39, 0.29) is 11.6 Å². The molecule has 0 spiro atoms. The van der Waals surface area contributed by atoms with Gasteiger partial charge in [0, 0.05) is 15.7 Å². The number of ether oxygens (including phenoxy) is 1. The third-order valence-electron chi connectivity index (χ3n) is 3.21. The number of hydrogen-bond donors (Lipinski definition) is 0. The summed E-state index contributed by atoms with van der Waals surface area (Å²) in [5, 5.41) is 0. The molecule has 2 aromatic carbocycles. The minimum absolute atomic E-state index is 0.190. The first-order chi connectivity index (χ1) is 10.2. The van der Waals surface area contributed by atoms with E-state index < -0.39 is 5.82 Å². The molecule has 0 unspecified atom stereocenters. The highest BCUT2D eigenvalue weighted by atomic mass is 127. The summed E-state index contributed by atoms with van der Waals surface area (Å²) in [6.07, 6.45) is 0. The van der Waals surface area contributed by atoms with Gasteiger partial charge in [-0.2, -0.15) is 0 Å². The Morgan fingerprint density at radius 3 is 2.76 bits per heavy atom. The second-order valence-corrected chi connectivity index (χ2v) is 5.85. The first kappa shape index (κ1) is 14.6. The lowest BCUT2D eigenvalue weighted by Gasteiger charge is -2.10. The predicted octanol–water partition coefficient (Wildman–Crippen LogP) is 4.52. The Hall–Kier alpha value is -1.34. The van der Waals surface area contributed by atoms with Crippen LogP contribution in [0.25, 0.3) is 16.7 Å². The Balaban J connectivity index is 2.37. The maximum atomic E-state index is 13.8. The Kier molecular flexibility index (Phi) is 4.03. The highest BCUT2D eigenvalue weighted by Gasteiger charge is 2.16. The molecule has 0 atom stereocenters. The standard InChI is InChI=1S/C15H11ClFIN2O/c1-21-14-7-13-11(6-9(14)17)19-15(8-16)20(13)12-5-3-2-4-10(12)18/h2-7H,8H2,1H3. The van der Waals surface area contributed by atoms with Crippen molar-refractivity contribution in [3.63, 3.8) is 0 Å². The first-order valence-electron chi connectivity index (χ1n) is 6.21. The number of rotatable bonds is 3. The lowest BCUT2D eigenvalue weighted by atomic mass is 10.2. The van der Waals surface area contributed by atoms with Crippen molar-refractivity contribution in [2.45, 2.75) is 5.88 Å². The molecule has 3 rings (SSSR count). The normalized spacial score (nSPS) is 11.0. The van der Waals surface area contributed by atoms with E-state index in [2.05, 4.69) is 27.6 Å². The zero-order valence-electron chi connectivity index (χ0n) is 11.1. The molecule has 0 amide bonds.